The number of nitrogens with one attached hydrogen (secondary N) is 1. The van der Waals surface area contributed by atoms with E-state index in [0.29, 0.717) is 36.4 Å². The van der Waals surface area contributed by atoms with Crippen molar-refractivity contribution in [1.29, 1.82) is 6.86 Å². The Hall–Kier alpha value is -3.42. The number of rotatable bonds is 6. The molecular formula is C20H24FN3O4. The first-order valence-electron chi connectivity index (χ1n) is 8.52. The lowest BCUT2D eigenvalue weighted by Crippen LogP contribution is -2.40. The average molecular weight is 391 g/mol. The molecule has 0 bridgehead atoms. The van der Waals surface area contributed by atoms with Crippen LogP contribution in [0.1, 0.15) is 34.5 Å². The van der Waals surface area contributed by atoms with Crippen LogP contribution in [0.4, 0.5) is 4.72 Å². The quantitative estimate of drug-likeness (QED) is 0.516. The van der Waals surface area contributed by atoms with Gasteiger partial charge in [-0.2, -0.15) is 0 Å². The van der Waals surface area contributed by atoms with Crippen LogP contribution in [0, 0.1) is 5.41 Å². The summed E-state index contributed by atoms with van der Waals surface area (Å²) in [5.41, 5.74) is 8.42. The number of amidine groups is 1. The van der Waals surface area contributed by atoms with Crippen molar-refractivity contribution in [2.24, 2.45) is 5.73 Å². The fourth-order valence-electron chi connectivity index (χ4n) is 2.86. The van der Waals surface area contributed by atoms with Crippen molar-refractivity contribution in [3.05, 3.63) is 64.7 Å². The molecule has 1 amide bonds. The first-order chi connectivity index (χ1) is 13.4. The molecule has 150 valence electrons. The van der Waals surface area contributed by atoms with E-state index < -0.39 is 5.97 Å². The van der Waals surface area contributed by atoms with Crippen molar-refractivity contribution in [3.63, 3.8) is 0 Å². The minimum atomic E-state index is -1.02. The number of amides is 1. The summed E-state index contributed by atoms with van der Waals surface area (Å²) in [6.07, 6.45) is 0.596. The van der Waals surface area contributed by atoms with Crippen LogP contribution in [0.25, 0.3) is 0 Å². The summed E-state index contributed by atoms with van der Waals surface area (Å²) in [4.78, 5) is 24.5. The van der Waals surface area contributed by atoms with Gasteiger partial charge in [-0.1, -0.05) is 31.7 Å². The van der Waals surface area contributed by atoms with Gasteiger partial charge in [-0.25, -0.2) is 0 Å². The number of benzene rings is 2. The number of carboxylic acid groups (broad SMARTS) is 1. The lowest BCUT2D eigenvalue weighted by atomic mass is 9.98. The highest BCUT2D eigenvalue weighted by Crippen LogP contribution is 2.24. The van der Waals surface area contributed by atoms with Gasteiger partial charge in [-0.05, 0) is 35.7 Å². The second-order valence-corrected chi connectivity index (χ2v) is 6.09. The molecular weight excluding hydrogens is 365 g/mol. The third-order valence-corrected chi connectivity index (χ3v) is 4.24. The third-order valence-electron chi connectivity index (χ3n) is 4.24. The van der Waals surface area contributed by atoms with Crippen LogP contribution < -0.4 is 10.5 Å². The zero-order valence-electron chi connectivity index (χ0n) is 15.4. The van der Waals surface area contributed by atoms with Gasteiger partial charge in [-0.15, -0.1) is 0 Å². The van der Waals surface area contributed by atoms with E-state index in [2.05, 4.69) is 1.45 Å². The summed E-state index contributed by atoms with van der Waals surface area (Å²) in [7, 11) is 0. The zero-order valence-corrected chi connectivity index (χ0v) is 14.4. The Kier molecular flexibility index (Phi) is 7.08. The molecule has 1 aliphatic heterocycles. The highest BCUT2D eigenvalue weighted by atomic mass is 19.0. The van der Waals surface area contributed by atoms with Gasteiger partial charge in [0.05, 0.1) is 0 Å². The molecule has 0 atom stereocenters. The molecule has 0 aliphatic carbocycles. The van der Waals surface area contributed by atoms with E-state index >= 15 is 0 Å². The summed E-state index contributed by atoms with van der Waals surface area (Å²) in [6.45, 7) is 0.455. The number of nitrogens with two attached hydrogens (primary N) is 1. The molecule has 0 unspecified atom stereocenters. The standard InChI is InChI=1S/C19H19N3O4.CH4.FH/c20-18(21)13-3-1-12(2-4-13)11-26-15-5-6-16-14(9-15)7-8-22(19(16)25)10-17(23)24;;/h1-6,9H,7-8,10-11H2,(H3,20,21)(H,23,24);1H4;1H/i/hT. The van der Waals surface area contributed by atoms with Gasteiger partial charge in [0.2, 0.25) is 0 Å². The van der Waals surface area contributed by atoms with Crippen molar-refractivity contribution in [3.8, 4) is 5.75 Å². The number of carboxylic acids is 1. The van der Waals surface area contributed by atoms with E-state index in [1.807, 2.05) is 18.2 Å². The maximum absolute atomic E-state index is 12.3. The van der Waals surface area contributed by atoms with E-state index in [1.54, 1.807) is 24.3 Å². The van der Waals surface area contributed by atoms with Gasteiger partial charge in [0.15, 0.2) is 0 Å². The number of aliphatic carboxylic acids is 1. The molecule has 1 aliphatic rings. The van der Waals surface area contributed by atoms with Gasteiger partial charge in [-0.3, -0.25) is 19.7 Å². The molecule has 4 N–H and O–H groups in total. The molecule has 0 aromatic heterocycles. The zero-order chi connectivity index (χ0) is 20.7. The molecule has 0 saturated carbocycles. The highest BCUT2D eigenvalue weighted by Gasteiger charge is 2.26. The largest absolute Gasteiger partial charge is 0.489 e. The van der Waals surface area contributed by atoms with E-state index in [9.17, 15) is 9.59 Å². The number of ether oxygens (including phenoxy) is 1. The van der Waals surface area contributed by atoms with Crippen LogP contribution in [0.5, 0.6) is 5.75 Å². The van der Waals surface area contributed by atoms with Crippen molar-refractivity contribution < 1.29 is 24.1 Å². The number of carbonyl (C=O) groups is 2. The Morgan fingerprint density at radius 2 is 1.96 bits per heavy atom. The van der Waals surface area contributed by atoms with Crippen molar-refractivity contribution >= 4 is 17.7 Å². The Bertz CT molecular complexity index is 875. The lowest BCUT2D eigenvalue weighted by molar-refractivity contribution is -0.137. The summed E-state index contributed by atoms with van der Waals surface area (Å²) < 4.78 is 18.8. The van der Waals surface area contributed by atoms with Crippen LogP contribution in [-0.2, 0) is 17.8 Å². The molecule has 0 saturated heterocycles. The SMILES string of the molecule is C.N=C(N)c1ccc(COc2ccc3c(c2)CCN(CC(=O)O)C3=O)cc1.[3H]F. The van der Waals surface area contributed by atoms with Gasteiger partial charge in [0.1, 0.15) is 24.7 Å². The highest BCUT2D eigenvalue weighted by molar-refractivity contribution is 5.98. The van der Waals surface area contributed by atoms with E-state index in [4.69, 9.17) is 25.7 Å². The fourth-order valence-corrected chi connectivity index (χ4v) is 2.86. The molecule has 3 rings (SSSR count). The summed E-state index contributed by atoms with van der Waals surface area (Å²) in [6, 6.07) is 12.5. The maximum Gasteiger partial charge on any atom is 0.323 e. The monoisotopic (exact) mass is 391 g/mol. The number of hydrogen-bond donors (Lipinski definition) is 3. The van der Waals surface area contributed by atoms with E-state index in [-0.39, 0.29) is 25.7 Å². The van der Waals surface area contributed by atoms with Crippen LogP contribution in [0.15, 0.2) is 42.5 Å². The van der Waals surface area contributed by atoms with Gasteiger partial charge in [0, 0.05) is 17.7 Å². The average Bonchev–Trinajstić information content (AvgIpc) is 2.70. The van der Waals surface area contributed by atoms with Crippen molar-refractivity contribution in [1.82, 2.24) is 4.90 Å². The predicted molar refractivity (Wildman–Crippen MR) is 105 cm³/mol. The Morgan fingerprint density at radius 1 is 1.29 bits per heavy atom. The Balaban J connectivity index is 0.00000136. The topological polar surface area (TPSA) is 117 Å². The smallest absolute Gasteiger partial charge is 0.323 e. The fraction of sp³-hybridized carbons (Fsp3) is 0.250. The molecule has 2 aromatic rings. The van der Waals surface area contributed by atoms with Crippen LogP contribution in [0.2, 0.25) is 0 Å². The molecule has 0 fully saturated rings. The predicted octanol–water partition coefficient (Wildman–Crippen LogP) is 2.42. The number of fused-ring (bicyclic) bond motifs is 1. The number of carbonyl (C=O) groups excluding carboxylic acids is 1. The molecule has 2 aromatic carbocycles. The first kappa shape index (κ1) is 20.9. The van der Waals surface area contributed by atoms with Gasteiger partial charge < -0.3 is 20.5 Å². The second-order valence-electron chi connectivity index (χ2n) is 6.09. The van der Waals surface area contributed by atoms with Gasteiger partial charge in [0.25, 0.3) is 7.36 Å². The van der Waals surface area contributed by atoms with Crippen LogP contribution in [-0.4, -0.2) is 42.3 Å². The molecule has 28 heavy (non-hydrogen) atoms. The van der Waals surface area contributed by atoms with Gasteiger partial charge >= 0.3 is 5.97 Å². The Morgan fingerprint density at radius 3 is 2.57 bits per heavy atom. The molecule has 1 heterocycles. The normalized spacial score (nSPS) is 12.5. The van der Waals surface area contributed by atoms with E-state index in [1.165, 1.54) is 4.90 Å². The van der Waals surface area contributed by atoms with Crippen molar-refractivity contribution in [2.75, 3.05) is 13.1 Å². The Labute approximate surface area is 164 Å². The number of hydrogen-bond acceptors (Lipinski definition) is 4. The molecule has 0 spiro atoms. The van der Waals surface area contributed by atoms with Crippen LogP contribution in [0.3, 0.4) is 0 Å². The number of nitrogen functional groups attached to an aromatic ring is 1. The molecule has 8 heteroatoms. The summed E-state index contributed by atoms with van der Waals surface area (Å²) >= 11 is 0. The van der Waals surface area contributed by atoms with E-state index in [0.717, 1.165) is 11.1 Å². The molecule has 0 radical (unpaired) electrons. The minimum absolute atomic E-state index is 0. The lowest BCUT2D eigenvalue weighted by Gasteiger charge is -2.27. The first-order valence-corrected chi connectivity index (χ1v) is 8.14. The number of halogens is 1. The minimum Gasteiger partial charge on any atom is -0.489 e. The molecule has 7 nitrogen and oxygen atoms in total. The van der Waals surface area contributed by atoms with Crippen molar-refractivity contribution in [2.45, 2.75) is 20.5 Å². The summed E-state index contributed by atoms with van der Waals surface area (Å²) in [5.74, 6) is -0.606. The number of nitrogens with zero attached hydrogens (tertiary/aromatic N) is 1. The second kappa shape index (κ2) is 9.50. The summed E-state index contributed by atoms with van der Waals surface area (Å²) in [5, 5.41) is 16.3. The maximum atomic E-state index is 12.3. The third kappa shape index (κ3) is 5.06. The van der Waals surface area contributed by atoms with Crippen LogP contribution >= 0.6 is 0 Å².